The molecule has 0 heterocycles. The molecule has 10 heavy (non-hydrogen) atoms. The minimum atomic E-state index is 0.182. The van der Waals surface area contributed by atoms with Crippen molar-refractivity contribution < 1.29 is 4.74 Å². The summed E-state index contributed by atoms with van der Waals surface area (Å²) in [5.74, 6) is 0.832. The lowest BCUT2D eigenvalue weighted by Gasteiger charge is -2.13. The number of rotatable bonds is 4. The summed E-state index contributed by atoms with van der Waals surface area (Å²) in [6.07, 6.45) is 3.13. The van der Waals surface area contributed by atoms with Gasteiger partial charge in [-0.25, -0.2) is 0 Å². The Labute approximate surface area is 62.7 Å². The maximum Gasteiger partial charge on any atom is 0.0618 e. The Morgan fingerprint density at radius 3 is 2.50 bits per heavy atom. The molecule has 0 saturated heterocycles. The van der Waals surface area contributed by atoms with Crippen molar-refractivity contribution >= 4 is 0 Å². The summed E-state index contributed by atoms with van der Waals surface area (Å²) in [7, 11) is 0. The summed E-state index contributed by atoms with van der Waals surface area (Å²) in [5, 5.41) is 0. The lowest BCUT2D eigenvalue weighted by Crippen LogP contribution is -2.25. The molecule has 1 saturated carbocycles. The Morgan fingerprint density at radius 1 is 1.50 bits per heavy atom. The molecule has 1 aliphatic rings. The molecule has 0 aliphatic heterocycles. The van der Waals surface area contributed by atoms with Crippen LogP contribution in [0.2, 0.25) is 0 Å². The first-order chi connectivity index (χ1) is 4.70. The van der Waals surface area contributed by atoms with Crippen molar-refractivity contribution in [2.75, 3.05) is 6.61 Å². The van der Waals surface area contributed by atoms with Crippen LogP contribution in [0.25, 0.3) is 0 Å². The predicted molar refractivity (Wildman–Crippen MR) is 41.8 cm³/mol. The van der Waals surface area contributed by atoms with Crippen molar-refractivity contribution in [3.63, 3.8) is 0 Å². The molecule has 0 aromatic carbocycles. The van der Waals surface area contributed by atoms with Gasteiger partial charge in [0.15, 0.2) is 0 Å². The van der Waals surface area contributed by atoms with E-state index in [2.05, 4.69) is 6.92 Å². The van der Waals surface area contributed by atoms with Crippen LogP contribution < -0.4 is 5.73 Å². The lowest BCUT2D eigenvalue weighted by atomic mass is 10.2. The van der Waals surface area contributed by atoms with Gasteiger partial charge in [0.1, 0.15) is 0 Å². The maximum absolute atomic E-state index is 5.54. The van der Waals surface area contributed by atoms with E-state index in [1.165, 1.54) is 12.8 Å². The van der Waals surface area contributed by atoms with Crippen molar-refractivity contribution in [3.8, 4) is 0 Å². The van der Waals surface area contributed by atoms with Crippen LogP contribution in [-0.2, 0) is 4.74 Å². The summed E-state index contributed by atoms with van der Waals surface area (Å²) in [5.41, 5.74) is 5.54. The number of hydrogen-bond donors (Lipinski definition) is 1. The molecular formula is C8H17NO. The highest BCUT2D eigenvalue weighted by atomic mass is 16.5. The van der Waals surface area contributed by atoms with Crippen molar-refractivity contribution in [2.24, 2.45) is 11.7 Å². The minimum absolute atomic E-state index is 0.182. The Morgan fingerprint density at radius 2 is 2.10 bits per heavy atom. The van der Waals surface area contributed by atoms with Crippen LogP contribution in [0.5, 0.6) is 0 Å². The third kappa shape index (κ3) is 2.67. The molecule has 0 aromatic rings. The lowest BCUT2D eigenvalue weighted by molar-refractivity contribution is 0.0448. The normalized spacial score (nSPS) is 24.3. The SMILES string of the molecule is CC(N)COC(C)C1CC1. The molecule has 0 spiro atoms. The molecule has 2 unspecified atom stereocenters. The first-order valence-electron chi connectivity index (χ1n) is 4.07. The molecule has 2 atom stereocenters. The third-order valence-corrected chi connectivity index (χ3v) is 1.91. The van der Waals surface area contributed by atoms with Gasteiger partial charge in [0.05, 0.1) is 12.7 Å². The summed E-state index contributed by atoms with van der Waals surface area (Å²) in [6.45, 7) is 4.82. The summed E-state index contributed by atoms with van der Waals surface area (Å²) in [4.78, 5) is 0. The number of ether oxygens (including phenoxy) is 1. The van der Waals surface area contributed by atoms with Crippen LogP contribution >= 0.6 is 0 Å². The van der Waals surface area contributed by atoms with E-state index in [4.69, 9.17) is 10.5 Å². The molecule has 0 bridgehead atoms. The van der Waals surface area contributed by atoms with Crippen molar-refractivity contribution in [3.05, 3.63) is 0 Å². The van der Waals surface area contributed by atoms with Gasteiger partial charge in [-0.05, 0) is 32.6 Å². The van der Waals surface area contributed by atoms with E-state index in [1.807, 2.05) is 6.92 Å². The van der Waals surface area contributed by atoms with Crippen LogP contribution in [0.4, 0.5) is 0 Å². The van der Waals surface area contributed by atoms with E-state index in [0.717, 1.165) is 5.92 Å². The van der Waals surface area contributed by atoms with Gasteiger partial charge in [-0.3, -0.25) is 0 Å². The van der Waals surface area contributed by atoms with Gasteiger partial charge in [0.25, 0.3) is 0 Å². The molecule has 2 nitrogen and oxygen atoms in total. The van der Waals surface area contributed by atoms with E-state index in [9.17, 15) is 0 Å². The van der Waals surface area contributed by atoms with Crippen LogP contribution in [-0.4, -0.2) is 18.8 Å². The average molecular weight is 143 g/mol. The van der Waals surface area contributed by atoms with E-state index in [1.54, 1.807) is 0 Å². The van der Waals surface area contributed by atoms with Crippen LogP contribution in [0, 0.1) is 5.92 Å². The van der Waals surface area contributed by atoms with Gasteiger partial charge in [-0.15, -0.1) is 0 Å². The van der Waals surface area contributed by atoms with Crippen molar-refractivity contribution in [1.29, 1.82) is 0 Å². The van der Waals surface area contributed by atoms with Gasteiger partial charge in [0.2, 0.25) is 0 Å². The number of hydrogen-bond acceptors (Lipinski definition) is 2. The summed E-state index contributed by atoms with van der Waals surface area (Å²) in [6, 6.07) is 0.182. The third-order valence-electron chi connectivity index (χ3n) is 1.91. The molecule has 1 rings (SSSR count). The highest BCUT2D eigenvalue weighted by molar-refractivity contribution is 4.79. The van der Waals surface area contributed by atoms with Crippen molar-refractivity contribution in [2.45, 2.75) is 38.8 Å². The van der Waals surface area contributed by atoms with Gasteiger partial charge in [-0.1, -0.05) is 0 Å². The first kappa shape index (κ1) is 8.02. The Bertz CT molecular complexity index is 99.4. The summed E-state index contributed by atoms with van der Waals surface area (Å²) >= 11 is 0. The number of nitrogens with two attached hydrogens (primary N) is 1. The molecule has 60 valence electrons. The Balaban J connectivity index is 2.00. The molecule has 2 N–H and O–H groups in total. The molecule has 2 heteroatoms. The fraction of sp³-hybridized carbons (Fsp3) is 1.00. The fourth-order valence-electron chi connectivity index (χ4n) is 1.01. The maximum atomic E-state index is 5.54. The average Bonchev–Trinajstić information content (AvgIpc) is 2.63. The van der Waals surface area contributed by atoms with Gasteiger partial charge in [0, 0.05) is 6.04 Å². The zero-order valence-corrected chi connectivity index (χ0v) is 6.84. The second-order valence-corrected chi connectivity index (χ2v) is 3.35. The zero-order chi connectivity index (χ0) is 7.56. The monoisotopic (exact) mass is 143 g/mol. The summed E-state index contributed by atoms with van der Waals surface area (Å²) < 4.78 is 5.50. The fourth-order valence-corrected chi connectivity index (χ4v) is 1.01. The molecule has 1 fully saturated rings. The highest BCUT2D eigenvalue weighted by Crippen LogP contribution is 2.33. The minimum Gasteiger partial charge on any atom is -0.377 e. The zero-order valence-electron chi connectivity index (χ0n) is 6.84. The Hall–Kier alpha value is -0.0800. The Kier molecular flexibility index (Phi) is 2.69. The molecule has 1 aliphatic carbocycles. The molecule has 0 radical (unpaired) electrons. The molecule has 0 amide bonds. The van der Waals surface area contributed by atoms with Crippen molar-refractivity contribution in [1.82, 2.24) is 0 Å². The van der Waals surface area contributed by atoms with E-state index in [-0.39, 0.29) is 6.04 Å². The van der Waals surface area contributed by atoms with Crippen LogP contribution in [0.15, 0.2) is 0 Å². The topological polar surface area (TPSA) is 35.2 Å². The second-order valence-electron chi connectivity index (χ2n) is 3.35. The molecular weight excluding hydrogens is 126 g/mol. The van der Waals surface area contributed by atoms with E-state index in [0.29, 0.717) is 12.7 Å². The first-order valence-corrected chi connectivity index (χ1v) is 4.07. The van der Waals surface area contributed by atoms with E-state index >= 15 is 0 Å². The van der Waals surface area contributed by atoms with E-state index < -0.39 is 0 Å². The van der Waals surface area contributed by atoms with Crippen LogP contribution in [0.3, 0.4) is 0 Å². The van der Waals surface area contributed by atoms with Gasteiger partial charge in [-0.2, -0.15) is 0 Å². The predicted octanol–water partition coefficient (Wildman–Crippen LogP) is 1.15. The van der Waals surface area contributed by atoms with Crippen LogP contribution in [0.1, 0.15) is 26.7 Å². The quantitative estimate of drug-likeness (QED) is 0.640. The second kappa shape index (κ2) is 3.35. The molecule has 0 aromatic heterocycles. The smallest absolute Gasteiger partial charge is 0.0618 e. The van der Waals surface area contributed by atoms with Gasteiger partial charge < -0.3 is 10.5 Å². The standard InChI is InChI=1S/C8H17NO/c1-6(9)5-10-7(2)8-3-4-8/h6-8H,3-5,9H2,1-2H3. The van der Waals surface area contributed by atoms with Gasteiger partial charge >= 0.3 is 0 Å². The largest absolute Gasteiger partial charge is 0.377 e. The highest BCUT2D eigenvalue weighted by Gasteiger charge is 2.28.